The van der Waals surface area contributed by atoms with Gasteiger partial charge in [0.25, 0.3) is 0 Å². The van der Waals surface area contributed by atoms with Crippen LogP contribution in [0.1, 0.15) is 12.5 Å². The molecule has 4 aromatic rings. The molecule has 0 aliphatic carbocycles. The monoisotopic (exact) mass is 455 g/mol. The van der Waals surface area contributed by atoms with Crippen LogP contribution in [-0.2, 0) is 4.79 Å². The number of nitrogens with one attached hydrogen (secondary N) is 1. The number of anilines is 1. The van der Waals surface area contributed by atoms with Crippen LogP contribution in [0.15, 0.2) is 71.7 Å². The van der Waals surface area contributed by atoms with E-state index >= 15 is 0 Å². The number of carbonyl (C=O) groups is 1. The second-order valence-corrected chi connectivity index (χ2v) is 7.97. The molecule has 6 nitrogen and oxygen atoms in total. The minimum atomic E-state index is -1.02. The van der Waals surface area contributed by atoms with Gasteiger partial charge in [0.2, 0.25) is 0 Å². The number of carboxylic acids is 1. The van der Waals surface area contributed by atoms with Crippen LogP contribution in [0.3, 0.4) is 0 Å². The fourth-order valence-corrected chi connectivity index (χ4v) is 4.09. The second-order valence-electron chi connectivity index (χ2n) is 7.97. The molecule has 1 atom stereocenters. The number of aliphatic imine (C=N–C) groups is 1. The summed E-state index contributed by atoms with van der Waals surface area (Å²) in [6, 6.07) is 19.3. The van der Waals surface area contributed by atoms with E-state index in [2.05, 4.69) is 10.3 Å². The second kappa shape index (κ2) is 8.94. The quantitative estimate of drug-likeness (QED) is 0.421. The molecule has 0 amide bonds. The van der Waals surface area contributed by atoms with Gasteiger partial charge in [0.15, 0.2) is 0 Å². The number of rotatable bonds is 5. The normalized spacial score (nSPS) is 14.8. The number of pyridine rings is 1. The molecule has 1 aliphatic heterocycles. The average molecular weight is 455 g/mol. The zero-order valence-corrected chi connectivity index (χ0v) is 18.5. The highest BCUT2D eigenvalue weighted by Crippen LogP contribution is 2.35. The molecule has 7 heteroatoms. The van der Waals surface area contributed by atoms with E-state index in [0.717, 1.165) is 22.4 Å². The largest absolute Gasteiger partial charge is 0.494 e. The number of aliphatic carboxylic acids is 1. The van der Waals surface area contributed by atoms with E-state index in [1.807, 2.05) is 55.5 Å². The highest BCUT2D eigenvalue weighted by molar-refractivity contribution is 6.07. The van der Waals surface area contributed by atoms with Crippen molar-refractivity contribution >= 4 is 28.8 Å². The summed E-state index contributed by atoms with van der Waals surface area (Å²) in [6.45, 7) is 2.64. The molecule has 2 N–H and O–H groups in total. The Kier molecular flexibility index (Phi) is 5.67. The fraction of sp³-hybridized carbons (Fsp3) is 0.148. The first-order valence-electron chi connectivity index (χ1n) is 11.0. The Morgan fingerprint density at radius 3 is 2.41 bits per heavy atom. The standard InChI is InChI=1S/C27H22FN3O3/c1-2-34-20-10-7-17(8-11-20)16-3-5-18(6-4-16)25-22-14-29-15-24(27(32)33)31-26(22)21-13-19(28)9-12-23(21)30-25/h3-14,24,31H,2,15H2,1H3,(H,32,33). The van der Waals surface area contributed by atoms with Crippen molar-refractivity contribution < 1.29 is 19.0 Å². The summed E-state index contributed by atoms with van der Waals surface area (Å²) >= 11 is 0. The van der Waals surface area contributed by atoms with E-state index in [1.165, 1.54) is 12.1 Å². The number of hydrogen-bond acceptors (Lipinski definition) is 5. The molecular weight excluding hydrogens is 433 g/mol. The third-order valence-electron chi connectivity index (χ3n) is 5.77. The summed E-state index contributed by atoms with van der Waals surface area (Å²) in [7, 11) is 0. The van der Waals surface area contributed by atoms with Crippen molar-refractivity contribution in [1.29, 1.82) is 0 Å². The third-order valence-corrected chi connectivity index (χ3v) is 5.77. The Balaban J connectivity index is 1.59. The van der Waals surface area contributed by atoms with Crippen molar-refractivity contribution in [3.8, 4) is 28.1 Å². The lowest BCUT2D eigenvalue weighted by atomic mass is 9.98. The highest BCUT2D eigenvalue weighted by atomic mass is 19.1. The number of hydrogen-bond donors (Lipinski definition) is 2. The van der Waals surface area contributed by atoms with Gasteiger partial charge < -0.3 is 15.2 Å². The predicted octanol–water partition coefficient (Wildman–Crippen LogP) is 5.40. The van der Waals surface area contributed by atoms with Crippen LogP contribution in [0.25, 0.3) is 33.3 Å². The molecule has 34 heavy (non-hydrogen) atoms. The molecule has 0 saturated carbocycles. The topological polar surface area (TPSA) is 83.8 Å². The minimum absolute atomic E-state index is 0.0664. The smallest absolute Gasteiger partial charge is 0.328 e. The van der Waals surface area contributed by atoms with Crippen LogP contribution in [0.5, 0.6) is 5.75 Å². The van der Waals surface area contributed by atoms with Crippen LogP contribution in [-0.4, -0.2) is 41.5 Å². The van der Waals surface area contributed by atoms with Gasteiger partial charge in [-0.2, -0.15) is 0 Å². The molecule has 170 valence electrons. The molecule has 1 aliphatic rings. The number of nitrogens with zero attached hydrogens (tertiary/aromatic N) is 2. The first-order valence-corrected chi connectivity index (χ1v) is 11.0. The van der Waals surface area contributed by atoms with Crippen LogP contribution >= 0.6 is 0 Å². The van der Waals surface area contributed by atoms with E-state index in [9.17, 15) is 14.3 Å². The van der Waals surface area contributed by atoms with Crippen molar-refractivity contribution in [1.82, 2.24) is 4.98 Å². The van der Waals surface area contributed by atoms with Gasteiger partial charge in [-0.05, 0) is 48.4 Å². The summed E-state index contributed by atoms with van der Waals surface area (Å²) in [6.07, 6.45) is 1.62. The summed E-state index contributed by atoms with van der Waals surface area (Å²) in [5, 5.41) is 13.1. The van der Waals surface area contributed by atoms with E-state index in [4.69, 9.17) is 9.72 Å². The maximum atomic E-state index is 14.0. The van der Waals surface area contributed by atoms with Gasteiger partial charge in [-0.25, -0.2) is 14.2 Å². The minimum Gasteiger partial charge on any atom is -0.494 e. The molecular formula is C27H22FN3O3. The molecule has 0 fully saturated rings. The number of halogens is 1. The molecule has 5 rings (SSSR count). The predicted molar refractivity (Wildman–Crippen MR) is 131 cm³/mol. The van der Waals surface area contributed by atoms with Crippen LogP contribution in [0.4, 0.5) is 10.1 Å². The maximum Gasteiger partial charge on any atom is 0.328 e. The van der Waals surface area contributed by atoms with Crippen LogP contribution in [0, 0.1) is 5.82 Å². The van der Waals surface area contributed by atoms with Crippen molar-refractivity contribution in [2.24, 2.45) is 4.99 Å². The Labute approximate surface area is 195 Å². The van der Waals surface area contributed by atoms with Gasteiger partial charge in [0.1, 0.15) is 17.6 Å². The first-order chi connectivity index (χ1) is 16.5. The number of aromatic nitrogens is 1. The Morgan fingerprint density at radius 2 is 1.74 bits per heavy atom. The lowest BCUT2D eigenvalue weighted by molar-refractivity contribution is -0.137. The van der Waals surface area contributed by atoms with Crippen molar-refractivity contribution in [3.05, 3.63) is 78.1 Å². The van der Waals surface area contributed by atoms with E-state index in [0.29, 0.717) is 34.5 Å². The molecule has 0 saturated heterocycles. The average Bonchev–Trinajstić information content (AvgIpc) is 3.08. The highest BCUT2D eigenvalue weighted by Gasteiger charge is 2.24. The van der Waals surface area contributed by atoms with Gasteiger partial charge in [-0.1, -0.05) is 36.4 Å². The maximum absolute atomic E-state index is 14.0. The Morgan fingerprint density at radius 1 is 1.06 bits per heavy atom. The van der Waals surface area contributed by atoms with E-state index in [1.54, 1.807) is 12.3 Å². The van der Waals surface area contributed by atoms with Crippen LogP contribution < -0.4 is 10.1 Å². The van der Waals surface area contributed by atoms with Crippen molar-refractivity contribution in [2.75, 3.05) is 18.5 Å². The Bertz CT molecular complexity index is 1400. The number of ether oxygens (including phenoxy) is 1. The van der Waals surface area contributed by atoms with E-state index in [-0.39, 0.29) is 6.54 Å². The van der Waals surface area contributed by atoms with Crippen molar-refractivity contribution in [3.63, 3.8) is 0 Å². The molecule has 1 aromatic heterocycles. The lowest BCUT2D eigenvalue weighted by Gasteiger charge is -2.18. The summed E-state index contributed by atoms with van der Waals surface area (Å²) < 4.78 is 19.6. The molecule has 0 spiro atoms. The summed E-state index contributed by atoms with van der Waals surface area (Å²) in [4.78, 5) is 20.8. The molecule has 1 unspecified atom stereocenters. The molecule has 0 bridgehead atoms. The van der Waals surface area contributed by atoms with Gasteiger partial charge in [-0.15, -0.1) is 0 Å². The number of benzene rings is 3. The third kappa shape index (κ3) is 4.08. The number of carboxylic acid groups (broad SMARTS) is 1. The van der Waals surface area contributed by atoms with E-state index < -0.39 is 17.8 Å². The summed E-state index contributed by atoms with van der Waals surface area (Å²) in [5.41, 5.74) is 5.31. The van der Waals surface area contributed by atoms with Crippen molar-refractivity contribution in [2.45, 2.75) is 13.0 Å². The lowest BCUT2D eigenvalue weighted by Crippen LogP contribution is -2.31. The summed E-state index contributed by atoms with van der Waals surface area (Å²) in [5.74, 6) is -0.611. The van der Waals surface area contributed by atoms with Gasteiger partial charge in [0.05, 0.1) is 30.0 Å². The fourth-order valence-electron chi connectivity index (χ4n) is 4.09. The molecule has 0 radical (unpaired) electrons. The van der Waals surface area contributed by atoms with Gasteiger partial charge in [0, 0.05) is 22.7 Å². The zero-order valence-electron chi connectivity index (χ0n) is 18.5. The zero-order chi connectivity index (χ0) is 23.7. The van der Waals surface area contributed by atoms with Crippen LogP contribution in [0.2, 0.25) is 0 Å². The SMILES string of the molecule is CCOc1ccc(-c2ccc(-c3nc4ccc(F)cc4c4c3C=NCC(C(=O)O)N4)cc2)cc1. The molecule has 2 heterocycles. The Hall–Kier alpha value is -4.26. The van der Waals surface area contributed by atoms with Gasteiger partial charge >= 0.3 is 5.97 Å². The van der Waals surface area contributed by atoms with Gasteiger partial charge in [-0.3, -0.25) is 4.99 Å². The number of fused-ring (bicyclic) bond motifs is 3. The first kappa shape index (κ1) is 21.6. The molecule has 3 aromatic carbocycles.